The first-order valence-electron chi connectivity index (χ1n) is 8.50. The van der Waals surface area contributed by atoms with Crippen molar-refractivity contribution in [2.45, 2.75) is 82.8 Å². The molecule has 3 fully saturated rings. The van der Waals surface area contributed by atoms with Gasteiger partial charge in [-0.05, 0) is 27.7 Å². The number of fused-ring (bicyclic) bond motifs is 2. The first-order valence-corrected chi connectivity index (χ1v) is 8.50. The second kappa shape index (κ2) is 7.31. The van der Waals surface area contributed by atoms with Crippen LogP contribution in [0, 0.1) is 0 Å². The molecular formula is C16H28O7. The van der Waals surface area contributed by atoms with Crippen molar-refractivity contribution in [1.82, 2.24) is 0 Å². The lowest BCUT2D eigenvalue weighted by Crippen LogP contribution is -2.71. The summed E-state index contributed by atoms with van der Waals surface area (Å²) in [5, 5.41) is 10.6. The van der Waals surface area contributed by atoms with E-state index in [1.165, 1.54) is 0 Å². The Hall–Kier alpha value is -0.280. The molecular weight excluding hydrogens is 304 g/mol. The average Bonchev–Trinajstić information content (AvgIpc) is 2.51. The minimum absolute atomic E-state index is 0.0598. The van der Waals surface area contributed by atoms with E-state index in [9.17, 15) is 5.11 Å². The highest BCUT2D eigenvalue weighted by atomic mass is 16.7. The fraction of sp³-hybridized carbons (Fsp3) is 1.00. The van der Waals surface area contributed by atoms with Crippen LogP contribution in [0.3, 0.4) is 0 Å². The molecule has 1 N–H and O–H groups in total. The molecule has 3 aliphatic rings. The maximum absolute atomic E-state index is 10.6. The van der Waals surface area contributed by atoms with E-state index in [-0.39, 0.29) is 12.2 Å². The Morgan fingerprint density at radius 1 is 1.00 bits per heavy atom. The number of aliphatic hydroxyl groups excluding tert-OH is 1. The van der Waals surface area contributed by atoms with Crippen LogP contribution >= 0.6 is 0 Å². The summed E-state index contributed by atoms with van der Waals surface area (Å²) in [7, 11) is 0. The van der Waals surface area contributed by atoms with Gasteiger partial charge in [0.15, 0.2) is 6.29 Å². The van der Waals surface area contributed by atoms with Crippen molar-refractivity contribution in [2.75, 3.05) is 19.8 Å². The molecule has 0 amide bonds. The quantitative estimate of drug-likeness (QED) is 0.750. The first-order chi connectivity index (χ1) is 11.0. The summed E-state index contributed by atoms with van der Waals surface area (Å²) in [5.41, 5.74) is 0. The third-order valence-electron chi connectivity index (χ3n) is 4.54. The van der Waals surface area contributed by atoms with Crippen molar-refractivity contribution in [3.63, 3.8) is 0 Å². The minimum Gasteiger partial charge on any atom is -0.387 e. The molecule has 2 heterocycles. The molecule has 0 aromatic heterocycles. The Labute approximate surface area is 137 Å². The van der Waals surface area contributed by atoms with Gasteiger partial charge in [0.05, 0.1) is 25.4 Å². The van der Waals surface area contributed by atoms with E-state index >= 15 is 0 Å². The lowest BCUT2D eigenvalue weighted by atomic mass is 9.82. The van der Waals surface area contributed by atoms with E-state index in [0.717, 1.165) is 0 Å². The second-order valence-electron chi connectivity index (χ2n) is 6.53. The number of hydrogen-bond donors (Lipinski definition) is 1. The van der Waals surface area contributed by atoms with Gasteiger partial charge in [-0.1, -0.05) is 0 Å². The van der Waals surface area contributed by atoms with Crippen LogP contribution in [0.4, 0.5) is 0 Å². The highest BCUT2D eigenvalue weighted by Crippen LogP contribution is 2.37. The average molecular weight is 332 g/mol. The van der Waals surface area contributed by atoms with Crippen LogP contribution in [-0.4, -0.2) is 80.0 Å². The summed E-state index contributed by atoms with van der Waals surface area (Å²) in [4.78, 5) is 0. The molecule has 9 atom stereocenters. The molecule has 7 nitrogen and oxygen atoms in total. The smallest absolute Gasteiger partial charge is 0.155 e. The summed E-state index contributed by atoms with van der Waals surface area (Å²) in [6, 6.07) is 0. The van der Waals surface area contributed by atoms with Gasteiger partial charge in [0.1, 0.15) is 36.6 Å². The number of ether oxygens (including phenoxy) is 6. The zero-order valence-electron chi connectivity index (χ0n) is 14.2. The summed E-state index contributed by atoms with van der Waals surface area (Å²) < 4.78 is 35.3. The van der Waals surface area contributed by atoms with Gasteiger partial charge in [-0.2, -0.15) is 0 Å². The number of rotatable bonds is 4. The van der Waals surface area contributed by atoms with Crippen LogP contribution in [0.15, 0.2) is 0 Å². The van der Waals surface area contributed by atoms with Gasteiger partial charge >= 0.3 is 0 Å². The predicted molar refractivity (Wildman–Crippen MR) is 80.1 cm³/mol. The van der Waals surface area contributed by atoms with Crippen molar-refractivity contribution < 1.29 is 33.5 Å². The van der Waals surface area contributed by atoms with Crippen molar-refractivity contribution in [3.8, 4) is 0 Å². The Morgan fingerprint density at radius 3 is 2.00 bits per heavy atom. The predicted octanol–water partition coefficient (Wildman–Crippen LogP) is 0.474. The Morgan fingerprint density at radius 2 is 1.52 bits per heavy atom. The molecule has 1 aliphatic carbocycles. The standard InChI is InChI=1S/C16H28O7/c1-5-18-10(4)23-16-14-12(19-6-8(2)21-14)11(17)13-15(16)22-9(3)7-20-13/h8-17H,5-7H2,1-4H3/t8?,9?,10?,11?,12-,13-,14-,15+,16?/m1/s1. The third kappa shape index (κ3) is 3.56. The van der Waals surface area contributed by atoms with Crippen LogP contribution in [0.2, 0.25) is 0 Å². The molecule has 5 unspecified atom stereocenters. The van der Waals surface area contributed by atoms with E-state index in [1.807, 2.05) is 27.7 Å². The molecule has 134 valence electrons. The van der Waals surface area contributed by atoms with Gasteiger partial charge in [-0.3, -0.25) is 0 Å². The SMILES string of the molecule is CCOC(C)OC1[C@H]2OC(C)CO[C@@H]2C(O)[C@H]2OCC(C)O[C@@H]12. The fourth-order valence-corrected chi connectivity index (χ4v) is 3.59. The summed E-state index contributed by atoms with van der Waals surface area (Å²) >= 11 is 0. The van der Waals surface area contributed by atoms with E-state index in [0.29, 0.717) is 19.8 Å². The third-order valence-corrected chi connectivity index (χ3v) is 4.54. The molecule has 1 saturated carbocycles. The van der Waals surface area contributed by atoms with E-state index < -0.39 is 42.9 Å². The van der Waals surface area contributed by atoms with E-state index in [2.05, 4.69) is 0 Å². The highest BCUT2D eigenvalue weighted by Gasteiger charge is 2.57. The maximum atomic E-state index is 10.6. The van der Waals surface area contributed by atoms with Gasteiger partial charge in [-0.25, -0.2) is 0 Å². The number of aliphatic hydroxyl groups is 1. The molecule has 0 bridgehead atoms. The van der Waals surface area contributed by atoms with Crippen molar-refractivity contribution in [3.05, 3.63) is 0 Å². The van der Waals surface area contributed by atoms with Crippen molar-refractivity contribution in [1.29, 1.82) is 0 Å². The Kier molecular flexibility index (Phi) is 5.57. The van der Waals surface area contributed by atoms with Crippen LogP contribution in [0.25, 0.3) is 0 Å². The highest BCUT2D eigenvalue weighted by molar-refractivity contribution is 5.05. The molecule has 3 rings (SSSR count). The van der Waals surface area contributed by atoms with E-state index in [1.54, 1.807) is 0 Å². The molecule has 2 aliphatic heterocycles. The zero-order chi connectivity index (χ0) is 16.6. The monoisotopic (exact) mass is 332 g/mol. The molecule has 0 radical (unpaired) electrons. The zero-order valence-corrected chi connectivity index (χ0v) is 14.2. The van der Waals surface area contributed by atoms with Crippen molar-refractivity contribution >= 4 is 0 Å². The second-order valence-corrected chi connectivity index (χ2v) is 6.53. The molecule has 7 heteroatoms. The summed E-state index contributed by atoms with van der Waals surface area (Å²) in [6.45, 7) is 9.10. The Balaban J connectivity index is 1.82. The molecule has 23 heavy (non-hydrogen) atoms. The number of hydrogen-bond acceptors (Lipinski definition) is 7. The normalized spacial score (nSPS) is 48.4. The fourth-order valence-electron chi connectivity index (χ4n) is 3.59. The summed E-state index contributed by atoms with van der Waals surface area (Å²) in [5.74, 6) is 0. The lowest BCUT2D eigenvalue weighted by Gasteiger charge is -2.53. The van der Waals surface area contributed by atoms with E-state index in [4.69, 9.17) is 28.4 Å². The van der Waals surface area contributed by atoms with Crippen LogP contribution < -0.4 is 0 Å². The van der Waals surface area contributed by atoms with Crippen molar-refractivity contribution in [2.24, 2.45) is 0 Å². The maximum Gasteiger partial charge on any atom is 0.155 e. The lowest BCUT2D eigenvalue weighted by molar-refractivity contribution is -0.345. The largest absolute Gasteiger partial charge is 0.387 e. The molecule has 0 spiro atoms. The van der Waals surface area contributed by atoms with Crippen LogP contribution in [-0.2, 0) is 28.4 Å². The molecule has 0 aromatic carbocycles. The summed E-state index contributed by atoms with van der Waals surface area (Å²) in [6.07, 6.45) is -3.52. The Bertz CT molecular complexity index is 365. The first kappa shape index (κ1) is 17.5. The van der Waals surface area contributed by atoms with Gasteiger partial charge < -0.3 is 33.5 Å². The van der Waals surface area contributed by atoms with Gasteiger partial charge in [0.25, 0.3) is 0 Å². The molecule has 0 aromatic rings. The van der Waals surface area contributed by atoms with Gasteiger partial charge in [0.2, 0.25) is 0 Å². The van der Waals surface area contributed by atoms with Crippen LogP contribution in [0.1, 0.15) is 27.7 Å². The van der Waals surface area contributed by atoms with Crippen LogP contribution in [0.5, 0.6) is 0 Å². The minimum atomic E-state index is -0.799. The molecule has 2 saturated heterocycles. The van der Waals surface area contributed by atoms with Gasteiger partial charge in [0, 0.05) is 6.61 Å². The topological polar surface area (TPSA) is 75.6 Å². The van der Waals surface area contributed by atoms with Gasteiger partial charge in [-0.15, -0.1) is 0 Å².